The summed E-state index contributed by atoms with van der Waals surface area (Å²) < 4.78 is 4.84. The third kappa shape index (κ3) is 2.25. The van der Waals surface area contributed by atoms with E-state index < -0.39 is 0 Å². The van der Waals surface area contributed by atoms with Gasteiger partial charge >= 0.3 is 0 Å². The van der Waals surface area contributed by atoms with Crippen molar-refractivity contribution < 1.29 is 4.57 Å². The van der Waals surface area contributed by atoms with Crippen LogP contribution in [0.15, 0.2) is 79.0 Å². The van der Waals surface area contributed by atoms with Gasteiger partial charge in [-0.1, -0.05) is 48.5 Å². The summed E-state index contributed by atoms with van der Waals surface area (Å²) in [7, 11) is 2.18. The molecule has 2 nitrogen and oxygen atoms in total. The minimum atomic E-state index is 1.25. The fourth-order valence-corrected chi connectivity index (χ4v) is 5.99. The van der Waals surface area contributed by atoms with Crippen molar-refractivity contribution in [3.8, 4) is 11.1 Å². The predicted molar refractivity (Wildman–Crippen MR) is 139 cm³/mol. The van der Waals surface area contributed by atoms with Crippen molar-refractivity contribution in [2.24, 2.45) is 7.05 Å². The molecule has 0 radical (unpaired) electrons. The van der Waals surface area contributed by atoms with Gasteiger partial charge in [-0.2, -0.15) is 0 Å². The first-order valence-corrected chi connectivity index (χ1v) is 11.6. The second-order valence-electron chi connectivity index (χ2n) is 9.43. The van der Waals surface area contributed by atoms with E-state index in [1.165, 1.54) is 76.8 Å². The molecule has 4 aromatic carbocycles. The first-order chi connectivity index (χ1) is 16.1. The molecule has 7 aromatic rings. The van der Waals surface area contributed by atoms with Crippen LogP contribution in [0.4, 0.5) is 0 Å². The van der Waals surface area contributed by atoms with Crippen LogP contribution in [0.2, 0.25) is 0 Å². The highest BCUT2D eigenvalue weighted by Crippen LogP contribution is 2.44. The quantitative estimate of drug-likeness (QED) is 0.147. The average molecular weight is 426 g/mol. The molecule has 2 heteroatoms. The van der Waals surface area contributed by atoms with Crippen LogP contribution >= 0.6 is 0 Å². The van der Waals surface area contributed by atoms with Crippen molar-refractivity contribution in [1.29, 1.82) is 0 Å². The second kappa shape index (κ2) is 6.32. The van der Waals surface area contributed by atoms with E-state index in [9.17, 15) is 0 Å². The minimum absolute atomic E-state index is 1.25. The van der Waals surface area contributed by atoms with Gasteiger partial charge < -0.3 is 4.40 Å². The van der Waals surface area contributed by atoms with Crippen LogP contribution in [0.1, 0.15) is 16.7 Å². The highest BCUT2D eigenvalue weighted by atomic mass is 15.0. The van der Waals surface area contributed by atoms with E-state index in [1.807, 2.05) is 0 Å². The van der Waals surface area contributed by atoms with E-state index in [1.54, 1.807) is 0 Å². The van der Waals surface area contributed by atoms with Gasteiger partial charge in [0, 0.05) is 16.8 Å². The molecule has 0 aliphatic rings. The topological polar surface area (TPSA) is 8.29 Å². The average Bonchev–Trinajstić information content (AvgIpc) is 3.19. The molecule has 0 aliphatic carbocycles. The Morgan fingerprint density at radius 2 is 1.36 bits per heavy atom. The third-order valence-corrected chi connectivity index (χ3v) is 7.79. The molecule has 7 rings (SSSR count). The maximum absolute atomic E-state index is 2.53. The smallest absolute Gasteiger partial charge is 0.224 e. The summed E-state index contributed by atoms with van der Waals surface area (Å²) in [5.74, 6) is 0. The first-order valence-electron chi connectivity index (χ1n) is 11.6. The molecular formula is C31H25N2+. The molecule has 158 valence electrons. The van der Waals surface area contributed by atoms with Crippen molar-refractivity contribution in [1.82, 2.24) is 4.40 Å². The monoisotopic (exact) mass is 425 g/mol. The Hall–Kier alpha value is -3.91. The number of benzene rings is 4. The zero-order valence-electron chi connectivity index (χ0n) is 19.4. The Morgan fingerprint density at radius 3 is 2.18 bits per heavy atom. The van der Waals surface area contributed by atoms with Gasteiger partial charge in [-0.05, 0) is 72.2 Å². The maximum Gasteiger partial charge on any atom is 0.224 e. The van der Waals surface area contributed by atoms with E-state index in [0.29, 0.717) is 0 Å². The first kappa shape index (κ1) is 18.6. The summed E-state index contributed by atoms with van der Waals surface area (Å²) in [5.41, 5.74) is 11.9. The Balaban J connectivity index is 1.88. The molecule has 0 fully saturated rings. The molecule has 0 bridgehead atoms. The Bertz CT molecular complexity index is 1890. The van der Waals surface area contributed by atoms with Crippen LogP contribution in [0.5, 0.6) is 0 Å². The van der Waals surface area contributed by atoms with Gasteiger partial charge in [-0.15, -0.1) is 0 Å². The molecule has 0 atom stereocenters. The number of pyridine rings is 2. The number of rotatable bonds is 1. The molecule has 3 aromatic heterocycles. The van der Waals surface area contributed by atoms with Crippen LogP contribution in [-0.4, -0.2) is 4.40 Å². The zero-order chi connectivity index (χ0) is 22.4. The number of aryl methyl sites for hydroxylation is 3. The van der Waals surface area contributed by atoms with Gasteiger partial charge in [-0.3, -0.25) is 0 Å². The van der Waals surface area contributed by atoms with Crippen LogP contribution < -0.4 is 4.57 Å². The molecule has 0 unspecified atom stereocenters. The molecule has 33 heavy (non-hydrogen) atoms. The van der Waals surface area contributed by atoms with Crippen molar-refractivity contribution in [2.45, 2.75) is 20.8 Å². The van der Waals surface area contributed by atoms with Gasteiger partial charge in [0.15, 0.2) is 6.20 Å². The summed E-state index contributed by atoms with van der Waals surface area (Å²) >= 11 is 0. The molecule has 0 saturated heterocycles. The van der Waals surface area contributed by atoms with Crippen LogP contribution in [0.3, 0.4) is 0 Å². The number of para-hydroxylation sites is 1. The summed E-state index contributed by atoms with van der Waals surface area (Å²) in [6.07, 6.45) is 2.22. The SMILES string of the molecule is Cc1c(C)c2c3ccccc3n3c4cc(-c5ccccc5)cc5cc[n+](C)c(c(c1C)c23)c54. The molecule has 0 N–H and O–H groups in total. The highest BCUT2D eigenvalue weighted by molar-refractivity contribution is 6.27. The lowest BCUT2D eigenvalue weighted by atomic mass is 9.92. The van der Waals surface area contributed by atoms with Crippen LogP contribution in [0, 0.1) is 20.8 Å². The largest absolute Gasteiger partial charge is 0.307 e. The molecule has 0 saturated carbocycles. The van der Waals surface area contributed by atoms with Gasteiger partial charge in [0.25, 0.3) is 0 Å². The molecule has 0 amide bonds. The Labute approximate surface area is 192 Å². The van der Waals surface area contributed by atoms with E-state index in [2.05, 4.69) is 116 Å². The number of nitrogens with zero attached hydrogens (tertiary/aromatic N) is 2. The minimum Gasteiger partial charge on any atom is -0.307 e. The third-order valence-electron chi connectivity index (χ3n) is 7.79. The lowest BCUT2D eigenvalue weighted by Crippen LogP contribution is -2.29. The lowest BCUT2D eigenvalue weighted by Gasteiger charge is -2.16. The van der Waals surface area contributed by atoms with Gasteiger partial charge in [-0.25, -0.2) is 4.57 Å². The molecule has 0 aliphatic heterocycles. The van der Waals surface area contributed by atoms with E-state index in [0.717, 1.165) is 0 Å². The zero-order valence-corrected chi connectivity index (χ0v) is 19.4. The maximum atomic E-state index is 2.53. The fourth-order valence-electron chi connectivity index (χ4n) is 5.99. The molecule has 0 spiro atoms. The fraction of sp³-hybridized carbons (Fsp3) is 0.129. The van der Waals surface area contributed by atoms with Crippen molar-refractivity contribution in [2.75, 3.05) is 0 Å². The van der Waals surface area contributed by atoms with E-state index in [4.69, 9.17) is 0 Å². The van der Waals surface area contributed by atoms with Crippen molar-refractivity contribution in [3.63, 3.8) is 0 Å². The summed E-state index contributed by atoms with van der Waals surface area (Å²) in [6, 6.07) is 26.6. The number of aromatic nitrogens is 2. The standard InChI is InChI=1S/C31H25N2/c1-18-19(2)27-24-12-8-9-13-25(24)33-26-17-23(21-10-6-5-7-11-21)16-22-14-15-32(4)30(29(22)26)28(20(18)3)31(27)33/h5-17H,1-4H3/q+1. The van der Waals surface area contributed by atoms with E-state index >= 15 is 0 Å². The summed E-state index contributed by atoms with van der Waals surface area (Å²) in [5, 5.41) is 6.71. The van der Waals surface area contributed by atoms with Crippen molar-refractivity contribution in [3.05, 3.63) is 95.7 Å². The normalized spacial score (nSPS) is 12.2. The highest BCUT2D eigenvalue weighted by Gasteiger charge is 2.26. The molecule has 3 heterocycles. The Kier molecular flexibility index (Phi) is 3.57. The predicted octanol–water partition coefficient (Wildman–Crippen LogP) is 7.41. The van der Waals surface area contributed by atoms with Gasteiger partial charge in [0.2, 0.25) is 5.52 Å². The Morgan fingerprint density at radius 1 is 0.636 bits per heavy atom. The summed E-state index contributed by atoms with van der Waals surface area (Å²) in [4.78, 5) is 0. The number of fused-ring (bicyclic) bond motifs is 5. The van der Waals surface area contributed by atoms with E-state index in [-0.39, 0.29) is 0 Å². The summed E-state index contributed by atoms with van der Waals surface area (Å²) in [6.45, 7) is 6.86. The van der Waals surface area contributed by atoms with Gasteiger partial charge in [0.05, 0.1) is 27.3 Å². The number of hydrogen-bond acceptors (Lipinski definition) is 0. The molecular weight excluding hydrogens is 400 g/mol. The van der Waals surface area contributed by atoms with Crippen LogP contribution in [-0.2, 0) is 7.05 Å². The number of hydrogen-bond donors (Lipinski definition) is 0. The lowest BCUT2D eigenvalue weighted by molar-refractivity contribution is -0.643. The second-order valence-corrected chi connectivity index (χ2v) is 9.43. The van der Waals surface area contributed by atoms with Crippen molar-refractivity contribution >= 4 is 49.0 Å². The van der Waals surface area contributed by atoms with Gasteiger partial charge in [0.1, 0.15) is 7.05 Å². The van der Waals surface area contributed by atoms with Crippen LogP contribution in [0.25, 0.3) is 60.1 Å².